The van der Waals surface area contributed by atoms with Gasteiger partial charge in [0.05, 0.1) is 0 Å². The van der Waals surface area contributed by atoms with E-state index in [2.05, 4.69) is 95.2 Å². The minimum absolute atomic E-state index is 0.621. The average molecular weight is 363 g/mol. The molecule has 0 bridgehead atoms. The standard InChI is InChI=1S/C9H7.2C6H14N.Ti/c1-2-5-9-7-3-6-8(9)4-1;2*1-3-5-7-6-4-2;/h1-7H;2*3-6H2,1-2H3;/q;2*-1;+2. The minimum atomic E-state index is 0.621. The molecule has 1 aliphatic carbocycles. The molecule has 3 heteroatoms. The van der Waals surface area contributed by atoms with Crippen LogP contribution in [0.3, 0.4) is 0 Å². The van der Waals surface area contributed by atoms with E-state index in [4.69, 9.17) is 0 Å². The molecule has 0 aromatic heterocycles. The molecule has 0 aliphatic heterocycles. The monoisotopic (exact) mass is 363 g/mol. The fourth-order valence-electron chi connectivity index (χ4n) is 2.11. The van der Waals surface area contributed by atoms with Crippen molar-refractivity contribution in [3.63, 3.8) is 0 Å². The molecule has 0 saturated carbocycles. The summed E-state index contributed by atoms with van der Waals surface area (Å²) in [6.07, 6.45) is 9.21. The normalized spacial score (nSPS) is 14.3. The Labute approximate surface area is 162 Å². The van der Waals surface area contributed by atoms with Gasteiger partial charge in [-0.1, -0.05) is 53.4 Å². The van der Waals surface area contributed by atoms with Crippen molar-refractivity contribution in [1.82, 2.24) is 0 Å². The molecule has 0 heterocycles. The van der Waals surface area contributed by atoms with Crippen molar-refractivity contribution in [2.24, 2.45) is 0 Å². The van der Waals surface area contributed by atoms with Crippen LogP contribution < -0.4 is 0 Å². The molecule has 0 spiro atoms. The van der Waals surface area contributed by atoms with E-state index in [0.717, 1.165) is 26.2 Å². The fourth-order valence-corrected chi connectivity index (χ4v) is 2.67. The van der Waals surface area contributed by atoms with Gasteiger partial charge in [-0.15, -0.1) is 26.2 Å². The van der Waals surface area contributed by atoms with Gasteiger partial charge in [0.25, 0.3) is 0 Å². The molecule has 0 N–H and O–H groups in total. The number of allylic oxidation sites excluding steroid dienone is 1. The third-order valence-corrected chi connectivity index (χ3v) is 4.11. The van der Waals surface area contributed by atoms with Crippen molar-refractivity contribution in [1.29, 1.82) is 0 Å². The molecule has 2 rings (SSSR count). The van der Waals surface area contributed by atoms with Crippen LogP contribution in [0.25, 0.3) is 16.7 Å². The number of benzene rings is 1. The van der Waals surface area contributed by atoms with Crippen LogP contribution in [-0.4, -0.2) is 26.2 Å². The van der Waals surface area contributed by atoms with Gasteiger partial charge >= 0.3 is 72.2 Å². The molecule has 1 aromatic carbocycles. The first kappa shape index (κ1) is 23.6. The Morgan fingerprint density at radius 2 is 1.25 bits per heavy atom. The van der Waals surface area contributed by atoms with E-state index >= 15 is 0 Å². The molecule has 1 aromatic rings. The second-order valence-electron chi connectivity index (χ2n) is 5.81. The van der Waals surface area contributed by atoms with Gasteiger partial charge in [-0.3, -0.25) is 0 Å². The van der Waals surface area contributed by atoms with Crippen molar-refractivity contribution >= 4 is 6.08 Å². The summed E-state index contributed by atoms with van der Waals surface area (Å²) in [6, 6.07) is 8.54. The number of nitrogens with zero attached hydrogens (tertiary/aromatic N) is 2. The summed E-state index contributed by atoms with van der Waals surface area (Å²) < 4.78 is 0.621. The Hall–Kier alpha value is -0.406. The van der Waals surface area contributed by atoms with Crippen molar-refractivity contribution in [2.45, 2.75) is 57.6 Å². The van der Waals surface area contributed by atoms with Crippen LogP contribution >= 0.6 is 0 Å². The van der Waals surface area contributed by atoms with Crippen molar-refractivity contribution in [2.75, 3.05) is 26.2 Å². The van der Waals surface area contributed by atoms with E-state index in [0.29, 0.717) is 4.22 Å². The summed E-state index contributed by atoms with van der Waals surface area (Å²) in [5, 5.41) is 8.42. The van der Waals surface area contributed by atoms with Gasteiger partial charge in [-0.25, -0.2) is 0 Å². The van der Waals surface area contributed by atoms with E-state index in [9.17, 15) is 0 Å². The van der Waals surface area contributed by atoms with Crippen molar-refractivity contribution < 1.29 is 20.4 Å². The molecule has 1 unspecified atom stereocenters. The van der Waals surface area contributed by atoms with Crippen LogP contribution in [0.5, 0.6) is 0 Å². The van der Waals surface area contributed by atoms with Crippen molar-refractivity contribution in [3.8, 4) is 0 Å². The third-order valence-electron chi connectivity index (χ3n) is 3.33. The van der Waals surface area contributed by atoms with E-state index in [1.807, 2.05) is 0 Å². The first-order chi connectivity index (χ1) is 11.7. The van der Waals surface area contributed by atoms with E-state index in [1.165, 1.54) is 36.8 Å². The summed E-state index contributed by atoms with van der Waals surface area (Å²) >= 11 is 2.22. The predicted octanol–water partition coefficient (Wildman–Crippen LogP) is 6.66. The summed E-state index contributed by atoms with van der Waals surface area (Å²) in [7, 11) is 0. The first-order valence-electron chi connectivity index (χ1n) is 9.45. The number of fused-ring (bicyclic) bond motifs is 1. The van der Waals surface area contributed by atoms with Gasteiger partial charge < -0.3 is 10.6 Å². The third kappa shape index (κ3) is 12.0. The van der Waals surface area contributed by atoms with Gasteiger partial charge in [0.15, 0.2) is 0 Å². The molecule has 0 saturated heterocycles. The Balaban J connectivity index is 0.000000343. The number of hydrogen-bond acceptors (Lipinski definition) is 0. The summed E-state index contributed by atoms with van der Waals surface area (Å²) in [4.78, 5) is 0. The second-order valence-corrected chi connectivity index (χ2v) is 6.78. The van der Waals surface area contributed by atoms with E-state index in [1.54, 1.807) is 0 Å². The van der Waals surface area contributed by atoms with Gasteiger partial charge in [0.2, 0.25) is 0 Å². The van der Waals surface area contributed by atoms with Gasteiger partial charge in [-0.2, -0.15) is 0 Å². The van der Waals surface area contributed by atoms with Crippen LogP contribution in [0.15, 0.2) is 30.3 Å². The second kappa shape index (κ2) is 17.4. The Bertz CT molecular complexity index is 400. The molecular formula is C21H35N2Ti. The van der Waals surface area contributed by atoms with E-state index in [-0.39, 0.29) is 0 Å². The van der Waals surface area contributed by atoms with E-state index < -0.39 is 0 Å². The van der Waals surface area contributed by atoms with Crippen LogP contribution in [0.4, 0.5) is 0 Å². The predicted molar refractivity (Wildman–Crippen MR) is 106 cm³/mol. The number of rotatable bonds is 8. The Kier molecular flexibility index (Phi) is 17.1. The molecule has 0 amide bonds. The summed E-state index contributed by atoms with van der Waals surface area (Å²) in [5.41, 5.74) is 2.84. The average Bonchev–Trinajstić information content (AvgIpc) is 2.99. The van der Waals surface area contributed by atoms with Crippen LogP contribution in [0.1, 0.15) is 68.7 Å². The zero-order valence-electron chi connectivity index (χ0n) is 16.1. The molecule has 1 atom stereocenters. The maximum atomic E-state index is 4.21. The van der Waals surface area contributed by atoms with Crippen molar-refractivity contribution in [3.05, 3.63) is 52.1 Å². The zero-order chi connectivity index (χ0) is 18.0. The van der Waals surface area contributed by atoms with Crippen LogP contribution in [-0.2, 0) is 20.4 Å². The summed E-state index contributed by atoms with van der Waals surface area (Å²) in [6.45, 7) is 12.8. The van der Waals surface area contributed by atoms with Gasteiger partial charge in [-0.05, 0) is 0 Å². The molecule has 1 aliphatic rings. The molecule has 24 heavy (non-hydrogen) atoms. The molecule has 133 valence electrons. The zero-order valence-corrected chi connectivity index (χ0v) is 17.7. The topological polar surface area (TPSA) is 28.2 Å². The van der Waals surface area contributed by atoms with Gasteiger partial charge in [0, 0.05) is 0 Å². The fraction of sp³-hybridized carbons (Fsp3) is 0.619. The van der Waals surface area contributed by atoms with Gasteiger partial charge in [0.1, 0.15) is 0 Å². The molecular weight excluding hydrogens is 328 g/mol. The molecule has 0 fully saturated rings. The molecule has 2 nitrogen and oxygen atoms in total. The number of hydrogen-bond donors (Lipinski definition) is 0. The molecule has 0 radical (unpaired) electrons. The Morgan fingerprint density at radius 1 is 0.792 bits per heavy atom. The maximum absolute atomic E-state index is 4.21. The SMILES string of the molecule is CCC[N-]CCC.CCC[N-]CCC.[Ti+2][CH]1C=Cc2ccccc21. The summed E-state index contributed by atoms with van der Waals surface area (Å²) in [5.74, 6) is 0. The first-order valence-corrected chi connectivity index (χ1v) is 10.4. The quantitative estimate of drug-likeness (QED) is 0.365. The van der Waals surface area contributed by atoms with Crippen LogP contribution in [0, 0.1) is 0 Å². The van der Waals surface area contributed by atoms with Crippen LogP contribution in [0.2, 0.25) is 0 Å². The Morgan fingerprint density at radius 3 is 1.67 bits per heavy atom.